The van der Waals surface area contributed by atoms with Crippen LogP contribution in [-0.4, -0.2) is 49.1 Å². The second kappa shape index (κ2) is 11.6. The van der Waals surface area contributed by atoms with Crippen molar-refractivity contribution in [2.24, 2.45) is 0 Å². The molecule has 1 atom stereocenters. The summed E-state index contributed by atoms with van der Waals surface area (Å²) in [4.78, 5) is 27.6. The van der Waals surface area contributed by atoms with E-state index in [-0.39, 0.29) is 16.9 Å². The Balaban J connectivity index is 2.08. The summed E-state index contributed by atoms with van der Waals surface area (Å²) in [5.41, 5.74) is 0.963. The number of amides is 1. The van der Waals surface area contributed by atoms with E-state index in [0.29, 0.717) is 36.6 Å². The van der Waals surface area contributed by atoms with Crippen molar-refractivity contribution >= 4 is 17.4 Å². The molecule has 182 valence electrons. The average molecular weight is 468 g/mol. The van der Waals surface area contributed by atoms with Gasteiger partial charge in [0.05, 0.1) is 32.4 Å². The lowest BCUT2D eigenvalue weighted by molar-refractivity contribution is -0.139. The third kappa shape index (κ3) is 5.03. The van der Waals surface area contributed by atoms with Crippen LogP contribution < -0.4 is 14.2 Å². The highest BCUT2D eigenvalue weighted by molar-refractivity contribution is 6.46. The molecule has 1 unspecified atom stereocenters. The van der Waals surface area contributed by atoms with E-state index in [4.69, 9.17) is 14.2 Å². The Hall–Kier alpha value is -3.48. The number of benzene rings is 2. The van der Waals surface area contributed by atoms with Gasteiger partial charge in [0.15, 0.2) is 0 Å². The number of Topliss-reactive ketones (excluding diaryl/α,β-unsaturated/α-hetero) is 1. The van der Waals surface area contributed by atoms with Crippen LogP contribution in [0.3, 0.4) is 0 Å². The molecule has 1 fully saturated rings. The largest absolute Gasteiger partial charge is 0.506 e. The van der Waals surface area contributed by atoms with Crippen LogP contribution in [0.5, 0.6) is 17.2 Å². The number of carbonyl (C=O) groups excluding carboxylic acids is 2. The fraction of sp³-hybridized carbons (Fsp3) is 0.407. The molecular weight excluding hydrogens is 434 g/mol. The van der Waals surface area contributed by atoms with Gasteiger partial charge in [0.1, 0.15) is 28.6 Å². The summed E-state index contributed by atoms with van der Waals surface area (Å²) in [6, 6.07) is 11.7. The van der Waals surface area contributed by atoms with Crippen LogP contribution in [0.15, 0.2) is 48.0 Å². The SMILES string of the molecule is CCCCCOc1ccc(C2/C(=C(\O)c3c(OC)cccc3OC)C(=O)C(=O)N2CCC)cc1. The molecule has 0 radical (unpaired) electrons. The number of aliphatic hydroxyl groups is 1. The quantitative estimate of drug-likeness (QED) is 0.214. The second-order valence-electron chi connectivity index (χ2n) is 8.15. The third-order valence-corrected chi connectivity index (χ3v) is 5.88. The molecule has 0 aliphatic carbocycles. The normalized spacial score (nSPS) is 17.2. The maximum atomic E-state index is 13.1. The first-order valence-electron chi connectivity index (χ1n) is 11.7. The van der Waals surface area contributed by atoms with Crippen molar-refractivity contribution in [3.63, 3.8) is 0 Å². The fourth-order valence-corrected chi connectivity index (χ4v) is 4.21. The molecule has 3 rings (SSSR count). The number of hydrogen-bond acceptors (Lipinski definition) is 6. The zero-order chi connectivity index (χ0) is 24.7. The zero-order valence-electron chi connectivity index (χ0n) is 20.3. The number of hydrogen-bond donors (Lipinski definition) is 1. The van der Waals surface area contributed by atoms with Gasteiger partial charge in [-0.2, -0.15) is 0 Å². The predicted octanol–water partition coefficient (Wildman–Crippen LogP) is 5.10. The number of carbonyl (C=O) groups is 2. The van der Waals surface area contributed by atoms with E-state index >= 15 is 0 Å². The number of methoxy groups -OCH3 is 2. The van der Waals surface area contributed by atoms with E-state index in [1.165, 1.54) is 19.1 Å². The Labute approximate surface area is 200 Å². The number of unbranched alkanes of at least 4 members (excludes halogenated alkanes) is 2. The molecule has 0 saturated carbocycles. The van der Waals surface area contributed by atoms with Gasteiger partial charge in [-0.25, -0.2) is 0 Å². The Morgan fingerprint density at radius 2 is 1.59 bits per heavy atom. The maximum Gasteiger partial charge on any atom is 0.295 e. The van der Waals surface area contributed by atoms with E-state index in [0.717, 1.165) is 25.0 Å². The number of ketones is 1. The molecule has 1 aliphatic heterocycles. The number of nitrogens with zero attached hydrogens (tertiary/aromatic N) is 1. The third-order valence-electron chi connectivity index (χ3n) is 5.88. The molecule has 1 amide bonds. The van der Waals surface area contributed by atoms with E-state index < -0.39 is 17.7 Å². The summed E-state index contributed by atoms with van der Waals surface area (Å²) in [6.07, 6.45) is 3.88. The van der Waals surface area contributed by atoms with Gasteiger partial charge in [-0.1, -0.05) is 44.9 Å². The maximum absolute atomic E-state index is 13.1. The highest BCUT2D eigenvalue weighted by Gasteiger charge is 2.46. The lowest BCUT2D eigenvalue weighted by atomic mass is 9.94. The molecule has 0 bridgehead atoms. The Morgan fingerprint density at radius 3 is 2.15 bits per heavy atom. The number of ether oxygens (including phenoxy) is 3. The molecule has 2 aromatic carbocycles. The zero-order valence-corrected chi connectivity index (χ0v) is 20.3. The summed E-state index contributed by atoms with van der Waals surface area (Å²) in [6.45, 7) is 5.09. The first kappa shape index (κ1) is 25.1. The van der Waals surface area contributed by atoms with E-state index in [2.05, 4.69) is 6.92 Å². The second-order valence-corrected chi connectivity index (χ2v) is 8.15. The van der Waals surface area contributed by atoms with Crippen molar-refractivity contribution in [3.8, 4) is 17.2 Å². The molecule has 7 heteroatoms. The van der Waals surface area contributed by atoms with Crippen molar-refractivity contribution in [1.29, 1.82) is 0 Å². The monoisotopic (exact) mass is 467 g/mol. The molecule has 1 N–H and O–H groups in total. The van der Waals surface area contributed by atoms with Gasteiger partial charge in [0.25, 0.3) is 11.7 Å². The van der Waals surface area contributed by atoms with Crippen molar-refractivity contribution in [2.75, 3.05) is 27.4 Å². The first-order valence-corrected chi connectivity index (χ1v) is 11.7. The van der Waals surface area contributed by atoms with Crippen molar-refractivity contribution in [3.05, 3.63) is 59.2 Å². The number of rotatable bonds is 11. The molecule has 0 aromatic heterocycles. The van der Waals surface area contributed by atoms with E-state index in [1.807, 2.05) is 31.2 Å². The van der Waals surface area contributed by atoms with Crippen LogP contribution in [-0.2, 0) is 9.59 Å². The minimum atomic E-state index is -0.733. The van der Waals surface area contributed by atoms with Crippen LogP contribution in [0, 0.1) is 0 Å². The van der Waals surface area contributed by atoms with Crippen LogP contribution >= 0.6 is 0 Å². The summed E-state index contributed by atoms with van der Waals surface area (Å²) in [5, 5.41) is 11.4. The van der Waals surface area contributed by atoms with Gasteiger partial charge in [-0.3, -0.25) is 9.59 Å². The van der Waals surface area contributed by atoms with Gasteiger partial charge in [0, 0.05) is 6.54 Å². The Kier molecular flexibility index (Phi) is 8.57. The minimum Gasteiger partial charge on any atom is -0.506 e. The summed E-state index contributed by atoms with van der Waals surface area (Å²) < 4.78 is 16.6. The van der Waals surface area contributed by atoms with Gasteiger partial charge in [-0.05, 0) is 42.7 Å². The Bertz CT molecular complexity index is 1020. The van der Waals surface area contributed by atoms with Crippen molar-refractivity contribution in [1.82, 2.24) is 4.90 Å². The lowest BCUT2D eigenvalue weighted by Crippen LogP contribution is -2.30. The first-order chi connectivity index (χ1) is 16.5. The van der Waals surface area contributed by atoms with Crippen LogP contribution in [0.25, 0.3) is 5.76 Å². The van der Waals surface area contributed by atoms with Gasteiger partial charge in [-0.15, -0.1) is 0 Å². The highest BCUT2D eigenvalue weighted by Crippen LogP contribution is 2.43. The van der Waals surface area contributed by atoms with Crippen LogP contribution in [0.4, 0.5) is 0 Å². The molecular formula is C27H33NO6. The summed E-state index contributed by atoms with van der Waals surface area (Å²) >= 11 is 0. The fourth-order valence-electron chi connectivity index (χ4n) is 4.21. The molecule has 1 aliphatic rings. The smallest absolute Gasteiger partial charge is 0.295 e. The molecule has 34 heavy (non-hydrogen) atoms. The number of aliphatic hydroxyl groups excluding tert-OH is 1. The molecule has 7 nitrogen and oxygen atoms in total. The van der Waals surface area contributed by atoms with Crippen LogP contribution in [0.1, 0.15) is 56.7 Å². The number of likely N-dealkylation sites (tertiary alicyclic amines) is 1. The van der Waals surface area contributed by atoms with Crippen LogP contribution in [0.2, 0.25) is 0 Å². The van der Waals surface area contributed by atoms with E-state index in [9.17, 15) is 14.7 Å². The highest BCUT2D eigenvalue weighted by atomic mass is 16.5. The molecule has 2 aromatic rings. The molecule has 0 spiro atoms. The van der Waals surface area contributed by atoms with Gasteiger partial charge in [0.2, 0.25) is 0 Å². The van der Waals surface area contributed by atoms with Gasteiger partial charge >= 0.3 is 0 Å². The van der Waals surface area contributed by atoms with Gasteiger partial charge < -0.3 is 24.2 Å². The Morgan fingerprint density at radius 1 is 0.941 bits per heavy atom. The van der Waals surface area contributed by atoms with Crippen molar-refractivity contribution in [2.45, 2.75) is 45.6 Å². The van der Waals surface area contributed by atoms with E-state index in [1.54, 1.807) is 18.2 Å². The molecule has 1 saturated heterocycles. The predicted molar refractivity (Wildman–Crippen MR) is 130 cm³/mol. The van der Waals surface area contributed by atoms with Crippen molar-refractivity contribution < 1.29 is 28.9 Å². The summed E-state index contributed by atoms with van der Waals surface area (Å²) in [7, 11) is 2.94. The average Bonchev–Trinajstić information content (AvgIpc) is 3.11. The topological polar surface area (TPSA) is 85.3 Å². The standard InChI is InChI=1S/C27H33NO6/c1-5-7-8-17-34-19-14-12-18(13-15-19)24-23(26(30)27(31)28(24)16-6-2)25(29)22-20(32-3)10-9-11-21(22)33-4/h9-15,24,29H,5-8,16-17H2,1-4H3/b25-23+. The summed E-state index contributed by atoms with van der Waals surface area (Å²) in [5.74, 6) is -0.290. The molecule has 1 heterocycles. The lowest BCUT2D eigenvalue weighted by Gasteiger charge is -2.25. The minimum absolute atomic E-state index is 0.0119.